The molecule has 4 nitrogen and oxygen atoms in total. The zero-order chi connectivity index (χ0) is 13.1. The normalized spacial score (nSPS) is 13.3. The Bertz CT molecular complexity index is 240. The van der Waals surface area contributed by atoms with Gasteiger partial charge in [0.05, 0.1) is 18.9 Å². The summed E-state index contributed by atoms with van der Waals surface area (Å²) in [6.45, 7) is 7.59. The number of rotatable bonds is 9. The van der Waals surface area contributed by atoms with Crippen LogP contribution >= 0.6 is 0 Å². The van der Waals surface area contributed by atoms with E-state index in [1.807, 2.05) is 19.9 Å². The Morgan fingerprint density at radius 2 is 2.06 bits per heavy atom. The molecule has 0 aliphatic rings. The molecule has 0 rings (SSSR count). The van der Waals surface area contributed by atoms with Crippen LogP contribution in [0.2, 0.25) is 0 Å². The molecule has 0 saturated heterocycles. The summed E-state index contributed by atoms with van der Waals surface area (Å²) in [7, 11) is 1.65. The molecular formula is C13H26N2O2. The van der Waals surface area contributed by atoms with E-state index >= 15 is 0 Å². The molecule has 0 spiro atoms. The molecule has 0 aromatic carbocycles. The number of hydrogen-bond donors (Lipinski definition) is 2. The van der Waals surface area contributed by atoms with Crippen LogP contribution in [0.15, 0.2) is 11.8 Å². The Morgan fingerprint density at radius 3 is 2.53 bits per heavy atom. The smallest absolute Gasteiger partial charge is 0.237 e. The van der Waals surface area contributed by atoms with Crippen molar-refractivity contribution in [2.24, 2.45) is 0 Å². The number of likely N-dealkylation sites (N-methyl/N-ethyl adjacent to an activating group) is 1. The van der Waals surface area contributed by atoms with Crippen LogP contribution in [-0.4, -0.2) is 32.1 Å². The SMILES string of the molecule is CC/C=C(\CC(NCC)C(=O)NCCC)OC. The minimum atomic E-state index is -0.204. The first-order valence-corrected chi connectivity index (χ1v) is 6.43. The van der Waals surface area contributed by atoms with E-state index in [0.29, 0.717) is 6.42 Å². The van der Waals surface area contributed by atoms with Gasteiger partial charge in [-0.3, -0.25) is 4.79 Å². The Labute approximate surface area is 105 Å². The first-order valence-electron chi connectivity index (χ1n) is 6.43. The molecule has 2 N–H and O–H groups in total. The van der Waals surface area contributed by atoms with Gasteiger partial charge in [-0.05, 0) is 25.5 Å². The fourth-order valence-corrected chi connectivity index (χ4v) is 1.55. The van der Waals surface area contributed by atoms with Gasteiger partial charge in [0, 0.05) is 13.0 Å². The van der Waals surface area contributed by atoms with E-state index in [0.717, 1.165) is 31.7 Å². The maximum Gasteiger partial charge on any atom is 0.237 e. The lowest BCUT2D eigenvalue weighted by molar-refractivity contribution is -0.123. The average molecular weight is 242 g/mol. The van der Waals surface area contributed by atoms with Crippen molar-refractivity contribution < 1.29 is 9.53 Å². The molecule has 0 heterocycles. The van der Waals surface area contributed by atoms with Crippen LogP contribution in [0.5, 0.6) is 0 Å². The number of carbonyl (C=O) groups is 1. The number of allylic oxidation sites excluding steroid dienone is 1. The van der Waals surface area contributed by atoms with Crippen LogP contribution in [0.25, 0.3) is 0 Å². The number of carbonyl (C=O) groups excluding carboxylic acids is 1. The Hall–Kier alpha value is -1.03. The second kappa shape index (κ2) is 10.1. The summed E-state index contributed by atoms with van der Waals surface area (Å²) in [4.78, 5) is 11.9. The van der Waals surface area contributed by atoms with Crippen molar-refractivity contribution in [2.45, 2.75) is 46.1 Å². The minimum absolute atomic E-state index is 0.0488. The second-order valence-corrected chi connectivity index (χ2v) is 3.89. The molecule has 0 aliphatic carbocycles. The summed E-state index contributed by atoms with van der Waals surface area (Å²) >= 11 is 0. The Balaban J connectivity index is 4.39. The first-order chi connectivity index (χ1) is 8.19. The van der Waals surface area contributed by atoms with Crippen molar-refractivity contribution in [3.63, 3.8) is 0 Å². The van der Waals surface area contributed by atoms with E-state index in [1.54, 1.807) is 7.11 Å². The third kappa shape index (κ3) is 7.00. The molecule has 0 saturated carbocycles. The summed E-state index contributed by atoms with van der Waals surface area (Å²) in [5.74, 6) is 0.915. The van der Waals surface area contributed by atoms with Gasteiger partial charge in [-0.2, -0.15) is 0 Å². The van der Waals surface area contributed by atoms with Gasteiger partial charge in [0.15, 0.2) is 0 Å². The number of ether oxygens (including phenoxy) is 1. The molecular weight excluding hydrogens is 216 g/mol. The summed E-state index contributed by atoms with van der Waals surface area (Å²) in [5.41, 5.74) is 0. The average Bonchev–Trinajstić information content (AvgIpc) is 2.34. The maximum atomic E-state index is 11.9. The lowest BCUT2D eigenvalue weighted by Gasteiger charge is -2.18. The predicted molar refractivity (Wildman–Crippen MR) is 70.8 cm³/mol. The molecule has 0 aromatic rings. The van der Waals surface area contributed by atoms with E-state index < -0.39 is 0 Å². The number of methoxy groups -OCH3 is 1. The minimum Gasteiger partial charge on any atom is -0.501 e. The summed E-state index contributed by atoms with van der Waals surface area (Å²) in [6.07, 6.45) is 4.48. The third-order valence-electron chi connectivity index (χ3n) is 2.42. The number of hydrogen-bond acceptors (Lipinski definition) is 3. The topological polar surface area (TPSA) is 50.4 Å². The summed E-state index contributed by atoms with van der Waals surface area (Å²) in [5, 5.41) is 6.09. The lowest BCUT2D eigenvalue weighted by Crippen LogP contribution is -2.44. The lowest BCUT2D eigenvalue weighted by atomic mass is 10.1. The van der Waals surface area contributed by atoms with Gasteiger partial charge in [-0.25, -0.2) is 0 Å². The van der Waals surface area contributed by atoms with Gasteiger partial charge < -0.3 is 15.4 Å². The molecule has 0 fully saturated rings. The van der Waals surface area contributed by atoms with Crippen LogP contribution in [0.1, 0.15) is 40.0 Å². The van der Waals surface area contributed by atoms with E-state index in [2.05, 4.69) is 17.6 Å². The summed E-state index contributed by atoms with van der Waals surface area (Å²) < 4.78 is 5.26. The third-order valence-corrected chi connectivity index (χ3v) is 2.42. The predicted octanol–water partition coefficient (Wildman–Crippen LogP) is 1.82. The Morgan fingerprint density at radius 1 is 1.35 bits per heavy atom. The molecule has 100 valence electrons. The standard InChI is InChI=1S/C13H26N2O2/c1-5-8-11(17-4)10-12(14-7-3)13(16)15-9-6-2/h8,12,14H,5-7,9-10H2,1-4H3,(H,15,16)/b11-8+. The first kappa shape index (κ1) is 16.0. The number of amides is 1. The van der Waals surface area contributed by atoms with Gasteiger partial charge in [0.2, 0.25) is 5.91 Å². The molecule has 1 amide bonds. The van der Waals surface area contributed by atoms with Gasteiger partial charge in [-0.1, -0.05) is 20.8 Å². The van der Waals surface area contributed by atoms with E-state index in [1.165, 1.54) is 0 Å². The van der Waals surface area contributed by atoms with E-state index in [9.17, 15) is 4.79 Å². The monoisotopic (exact) mass is 242 g/mol. The highest BCUT2D eigenvalue weighted by Crippen LogP contribution is 2.08. The van der Waals surface area contributed by atoms with Crippen LogP contribution < -0.4 is 10.6 Å². The highest BCUT2D eigenvalue weighted by molar-refractivity contribution is 5.81. The largest absolute Gasteiger partial charge is 0.501 e. The van der Waals surface area contributed by atoms with Gasteiger partial charge >= 0.3 is 0 Å². The van der Waals surface area contributed by atoms with Crippen LogP contribution in [-0.2, 0) is 9.53 Å². The quantitative estimate of drug-likeness (QED) is 0.606. The van der Waals surface area contributed by atoms with Crippen LogP contribution in [0.3, 0.4) is 0 Å². The van der Waals surface area contributed by atoms with Crippen molar-refractivity contribution in [3.05, 3.63) is 11.8 Å². The molecule has 0 radical (unpaired) electrons. The zero-order valence-electron chi connectivity index (χ0n) is 11.5. The second-order valence-electron chi connectivity index (χ2n) is 3.89. The summed E-state index contributed by atoms with van der Waals surface area (Å²) in [6, 6.07) is -0.204. The molecule has 4 heteroatoms. The highest BCUT2D eigenvalue weighted by Gasteiger charge is 2.18. The van der Waals surface area contributed by atoms with Gasteiger partial charge in [0.1, 0.15) is 0 Å². The molecule has 1 unspecified atom stereocenters. The fraction of sp³-hybridized carbons (Fsp3) is 0.769. The van der Waals surface area contributed by atoms with E-state index in [-0.39, 0.29) is 11.9 Å². The van der Waals surface area contributed by atoms with Crippen LogP contribution in [0, 0.1) is 0 Å². The fourth-order valence-electron chi connectivity index (χ4n) is 1.55. The molecule has 1 atom stereocenters. The van der Waals surface area contributed by atoms with Gasteiger partial charge in [0.25, 0.3) is 0 Å². The van der Waals surface area contributed by atoms with Crippen molar-refractivity contribution in [2.75, 3.05) is 20.2 Å². The molecule has 0 aliphatic heterocycles. The van der Waals surface area contributed by atoms with Crippen LogP contribution in [0.4, 0.5) is 0 Å². The Kier molecular flexibility index (Phi) is 9.53. The van der Waals surface area contributed by atoms with Crippen molar-refractivity contribution in [3.8, 4) is 0 Å². The van der Waals surface area contributed by atoms with Crippen molar-refractivity contribution in [1.29, 1.82) is 0 Å². The molecule has 0 bridgehead atoms. The molecule has 0 aromatic heterocycles. The van der Waals surface area contributed by atoms with Gasteiger partial charge in [-0.15, -0.1) is 0 Å². The highest BCUT2D eigenvalue weighted by atomic mass is 16.5. The molecule has 17 heavy (non-hydrogen) atoms. The zero-order valence-corrected chi connectivity index (χ0v) is 11.5. The van der Waals surface area contributed by atoms with E-state index in [4.69, 9.17) is 4.74 Å². The number of nitrogens with one attached hydrogen (secondary N) is 2. The van der Waals surface area contributed by atoms with Crippen molar-refractivity contribution >= 4 is 5.91 Å². The van der Waals surface area contributed by atoms with Crippen molar-refractivity contribution in [1.82, 2.24) is 10.6 Å². The maximum absolute atomic E-state index is 11.9.